The second-order valence-corrected chi connectivity index (χ2v) is 4.82. The van der Waals surface area contributed by atoms with E-state index in [1.54, 1.807) is 0 Å². The number of carbonyl (C=O) groups is 1. The number of ether oxygens (including phenoxy) is 1. The van der Waals surface area contributed by atoms with Crippen LogP contribution in [0.2, 0.25) is 0 Å². The lowest BCUT2D eigenvalue weighted by Gasteiger charge is -2.36. The van der Waals surface area contributed by atoms with Crippen molar-refractivity contribution in [3.8, 4) is 5.75 Å². The Bertz CT molecular complexity index is 457. The Labute approximate surface area is 108 Å². The maximum absolute atomic E-state index is 12.3. The fourth-order valence-corrected chi connectivity index (χ4v) is 2.25. The predicted octanol–water partition coefficient (Wildman–Crippen LogP) is 2.06. The summed E-state index contributed by atoms with van der Waals surface area (Å²) in [4.78, 5) is 14.1. The summed E-state index contributed by atoms with van der Waals surface area (Å²) in [6.07, 6.45) is 0.293. The largest absolute Gasteiger partial charge is 0.478 e. The van der Waals surface area contributed by atoms with Crippen molar-refractivity contribution in [2.24, 2.45) is 5.73 Å². The third-order valence-corrected chi connectivity index (χ3v) is 3.19. The Kier molecular flexibility index (Phi) is 3.57. The summed E-state index contributed by atoms with van der Waals surface area (Å²) in [5, 5.41) is 0. The summed E-state index contributed by atoms with van der Waals surface area (Å²) in [7, 11) is 0. The molecule has 1 aromatic carbocycles. The number of anilines is 1. The summed E-state index contributed by atoms with van der Waals surface area (Å²) in [5.74, 6) is 0.804. The van der Waals surface area contributed by atoms with Crippen LogP contribution in [-0.4, -0.2) is 18.1 Å². The Morgan fingerprint density at radius 1 is 1.44 bits per heavy atom. The van der Waals surface area contributed by atoms with Crippen LogP contribution in [0.1, 0.15) is 32.8 Å². The molecule has 0 bridgehead atoms. The van der Waals surface area contributed by atoms with Gasteiger partial charge in [0, 0.05) is 12.6 Å². The van der Waals surface area contributed by atoms with E-state index in [9.17, 15) is 4.79 Å². The molecule has 98 valence electrons. The summed E-state index contributed by atoms with van der Waals surface area (Å²) in [6, 6.07) is 5.91. The first kappa shape index (κ1) is 12.9. The van der Waals surface area contributed by atoms with Crippen LogP contribution in [-0.2, 0) is 11.3 Å². The van der Waals surface area contributed by atoms with Crippen LogP contribution in [0.5, 0.6) is 5.75 Å². The molecule has 2 rings (SSSR count). The Morgan fingerprint density at radius 2 is 2.17 bits per heavy atom. The van der Waals surface area contributed by atoms with Crippen molar-refractivity contribution >= 4 is 11.6 Å². The molecule has 4 heteroatoms. The second-order valence-electron chi connectivity index (χ2n) is 4.82. The molecule has 1 atom stereocenters. The van der Waals surface area contributed by atoms with Crippen molar-refractivity contribution in [3.63, 3.8) is 0 Å². The van der Waals surface area contributed by atoms with E-state index in [0.717, 1.165) is 17.0 Å². The molecule has 1 aliphatic heterocycles. The van der Waals surface area contributed by atoms with Crippen LogP contribution >= 0.6 is 0 Å². The Balaban J connectivity index is 2.48. The molecule has 18 heavy (non-hydrogen) atoms. The molecule has 1 aromatic rings. The molecular weight excluding hydrogens is 228 g/mol. The van der Waals surface area contributed by atoms with Crippen molar-refractivity contribution < 1.29 is 9.53 Å². The molecule has 1 heterocycles. The van der Waals surface area contributed by atoms with Crippen molar-refractivity contribution in [1.82, 2.24) is 0 Å². The highest BCUT2D eigenvalue weighted by Crippen LogP contribution is 2.36. The Morgan fingerprint density at radius 3 is 2.72 bits per heavy atom. The molecule has 0 saturated carbocycles. The van der Waals surface area contributed by atoms with Gasteiger partial charge in [-0.15, -0.1) is 0 Å². The number of nitrogens with two attached hydrogens (primary N) is 1. The van der Waals surface area contributed by atoms with E-state index in [0.29, 0.717) is 13.0 Å². The van der Waals surface area contributed by atoms with Gasteiger partial charge in [0.2, 0.25) is 0 Å². The van der Waals surface area contributed by atoms with E-state index in [2.05, 4.69) is 0 Å². The molecule has 0 saturated heterocycles. The summed E-state index contributed by atoms with van der Waals surface area (Å²) in [6.45, 7) is 6.45. The van der Waals surface area contributed by atoms with Crippen molar-refractivity contribution in [1.29, 1.82) is 0 Å². The van der Waals surface area contributed by atoms with Crippen LogP contribution in [0, 0.1) is 0 Å². The van der Waals surface area contributed by atoms with Gasteiger partial charge in [-0.3, -0.25) is 4.79 Å². The van der Waals surface area contributed by atoms with Gasteiger partial charge in [0.05, 0.1) is 5.69 Å². The first-order chi connectivity index (χ1) is 8.58. The fraction of sp³-hybridized carbons (Fsp3) is 0.500. The van der Waals surface area contributed by atoms with Gasteiger partial charge in [-0.1, -0.05) is 13.0 Å². The SMILES string of the molecule is CCC1Oc2cc(CN)ccc2N(C(C)C)C1=O. The van der Waals surface area contributed by atoms with Gasteiger partial charge in [-0.25, -0.2) is 0 Å². The number of fused-ring (bicyclic) bond motifs is 1. The van der Waals surface area contributed by atoms with E-state index >= 15 is 0 Å². The lowest BCUT2D eigenvalue weighted by atomic mass is 10.1. The molecule has 2 N–H and O–H groups in total. The third kappa shape index (κ3) is 2.08. The van der Waals surface area contributed by atoms with Crippen LogP contribution < -0.4 is 15.4 Å². The molecule has 0 fully saturated rings. The zero-order chi connectivity index (χ0) is 13.3. The van der Waals surface area contributed by atoms with E-state index in [1.807, 2.05) is 43.9 Å². The smallest absolute Gasteiger partial charge is 0.268 e. The highest BCUT2D eigenvalue weighted by molar-refractivity contribution is 6.00. The van der Waals surface area contributed by atoms with Gasteiger partial charge in [-0.05, 0) is 38.0 Å². The van der Waals surface area contributed by atoms with Gasteiger partial charge in [-0.2, -0.15) is 0 Å². The minimum absolute atomic E-state index is 0.0421. The van der Waals surface area contributed by atoms with Crippen molar-refractivity contribution in [2.45, 2.75) is 45.9 Å². The lowest BCUT2D eigenvalue weighted by Crippen LogP contribution is -2.48. The number of hydrogen-bond donors (Lipinski definition) is 1. The molecule has 1 aliphatic rings. The first-order valence-corrected chi connectivity index (χ1v) is 6.41. The molecule has 0 aliphatic carbocycles. The number of nitrogens with zero attached hydrogens (tertiary/aromatic N) is 1. The molecule has 0 radical (unpaired) electrons. The average Bonchev–Trinajstić information content (AvgIpc) is 2.36. The predicted molar refractivity (Wildman–Crippen MR) is 71.7 cm³/mol. The van der Waals surface area contributed by atoms with Gasteiger partial charge in [0.1, 0.15) is 5.75 Å². The topological polar surface area (TPSA) is 55.6 Å². The minimum Gasteiger partial charge on any atom is -0.478 e. The van der Waals surface area contributed by atoms with Crippen molar-refractivity contribution in [3.05, 3.63) is 23.8 Å². The molecule has 4 nitrogen and oxygen atoms in total. The van der Waals surface area contributed by atoms with E-state index in [4.69, 9.17) is 10.5 Å². The van der Waals surface area contributed by atoms with E-state index in [1.165, 1.54) is 0 Å². The molecule has 1 unspecified atom stereocenters. The third-order valence-electron chi connectivity index (χ3n) is 3.19. The maximum atomic E-state index is 12.3. The monoisotopic (exact) mass is 248 g/mol. The van der Waals surface area contributed by atoms with E-state index in [-0.39, 0.29) is 18.1 Å². The minimum atomic E-state index is -0.382. The second kappa shape index (κ2) is 4.98. The summed E-state index contributed by atoms with van der Waals surface area (Å²) in [5.41, 5.74) is 7.50. The summed E-state index contributed by atoms with van der Waals surface area (Å²) < 4.78 is 5.77. The molecular formula is C14H20N2O2. The quantitative estimate of drug-likeness (QED) is 0.890. The number of benzene rings is 1. The van der Waals surface area contributed by atoms with E-state index < -0.39 is 0 Å². The van der Waals surface area contributed by atoms with Crippen LogP contribution in [0.4, 0.5) is 5.69 Å². The Hall–Kier alpha value is -1.55. The molecule has 0 spiro atoms. The number of amides is 1. The standard InChI is InChI=1S/C14H20N2O2/c1-4-12-14(17)16(9(2)3)11-6-5-10(8-15)7-13(11)18-12/h5-7,9,12H,4,8,15H2,1-3H3. The van der Waals surface area contributed by atoms with Crippen LogP contribution in [0.15, 0.2) is 18.2 Å². The normalized spacial score (nSPS) is 18.8. The summed E-state index contributed by atoms with van der Waals surface area (Å²) >= 11 is 0. The zero-order valence-corrected chi connectivity index (χ0v) is 11.1. The van der Waals surface area contributed by atoms with Crippen LogP contribution in [0.25, 0.3) is 0 Å². The molecule has 1 amide bonds. The highest BCUT2D eigenvalue weighted by Gasteiger charge is 2.34. The average molecular weight is 248 g/mol. The fourth-order valence-electron chi connectivity index (χ4n) is 2.25. The number of rotatable bonds is 3. The van der Waals surface area contributed by atoms with Gasteiger partial charge in [0.15, 0.2) is 6.10 Å². The van der Waals surface area contributed by atoms with Crippen LogP contribution in [0.3, 0.4) is 0 Å². The lowest BCUT2D eigenvalue weighted by molar-refractivity contribution is -0.126. The molecule has 0 aromatic heterocycles. The van der Waals surface area contributed by atoms with Gasteiger partial charge in [0.25, 0.3) is 5.91 Å². The highest BCUT2D eigenvalue weighted by atomic mass is 16.5. The first-order valence-electron chi connectivity index (χ1n) is 6.41. The van der Waals surface area contributed by atoms with Gasteiger partial charge >= 0.3 is 0 Å². The zero-order valence-electron chi connectivity index (χ0n) is 11.1. The maximum Gasteiger partial charge on any atom is 0.268 e. The van der Waals surface area contributed by atoms with Crippen molar-refractivity contribution in [2.75, 3.05) is 4.90 Å². The number of carbonyl (C=O) groups excluding carboxylic acids is 1. The number of hydrogen-bond acceptors (Lipinski definition) is 3. The van der Waals surface area contributed by atoms with Gasteiger partial charge < -0.3 is 15.4 Å².